The first-order chi connectivity index (χ1) is 16.2. The zero-order valence-electron chi connectivity index (χ0n) is 20.3. The van der Waals surface area contributed by atoms with Gasteiger partial charge >= 0.3 is 0 Å². The number of carbonyl (C=O) groups is 1. The summed E-state index contributed by atoms with van der Waals surface area (Å²) in [7, 11) is -3.88. The molecule has 34 heavy (non-hydrogen) atoms. The lowest BCUT2D eigenvalue weighted by molar-refractivity contribution is -0.119. The van der Waals surface area contributed by atoms with Gasteiger partial charge in [-0.2, -0.15) is 4.31 Å². The number of amides is 1. The van der Waals surface area contributed by atoms with Crippen LogP contribution < -0.4 is 4.90 Å². The first kappa shape index (κ1) is 24.2. The number of sulfonamides is 1. The number of carbonyl (C=O) groups excluding carboxylic acids is 1. The van der Waals surface area contributed by atoms with Gasteiger partial charge in [0.05, 0.1) is 11.4 Å². The zero-order valence-corrected chi connectivity index (χ0v) is 21.1. The Kier molecular flexibility index (Phi) is 6.91. The molecule has 0 aromatic heterocycles. The molecule has 1 atom stereocenters. The van der Waals surface area contributed by atoms with Crippen molar-refractivity contribution in [3.63, 3.8) is 0 Å². The van der Waals surface area contributed by atoms with Crippen LogP contribution in [-0.4, -0.2) is 37.8 Å². The molecule has 4 rings (SSSR count). The zero-order chi connectivity index (χ0) is 24.5. The number of hydrogen-bond donors (Lipinski definition) is 0. The highest BCUT2D eigenvalue weighted by Crippen LogP contribution is 2.32. The van der Waals surface area contributed by atoms with Crippen LogP contribution in [0.15, 0.2) is 71.6 Å². The molecule has 3 aromatic carbocycles. The van der Waals surface area contributed by atoms with Crippen molar-refractivity contribution in [1.82, 2.24) is 4.31 Å². The van der Waals surface area contributed by atoms with E-state index in [1.54, 1.807) is 4.90 Å². The summed E-state index contributed by atoms with van der Waals surface area (Å²) in [5, 5.41) is 0. The van der Waals surface area contributed by atoms with Crippen LogP contribution in [0.4, 0.5) is 5.69 Å². The van der Waals surface area contributed by atoms with Gasteiger partial charge in [0.1, 0.15) is 0 Å². The molecule has 0 saturated heterocycles. The van der Waals surface area contributed by atoms with Gasteiger partial charge in [0.15, 0.2) is 0 Å². The lowest BCUT2D eigenvalue weighted by Gasteiger charge is -2.28. The highest BCUT2D eigenvalue weighted by molar-refractivity contribution is 7.89. The molecule has 1 aliphatic heterocycles. The summed E-state index contributed by atoms with van der Waals surface area (Å²) in [4.78, 5) is 15.6. The Balaban J connectivity index is 1.68. The second-order valence-corrected chi connectivity index (χ2v) is 11.1. The van der Waals surface area contributed by atoms with E-state index in [2.05, 4.69) is 0 Å². The predicted molar refractivity (Wildman–Crippen MR) is 137 cm³/mol. The molecular formula is C28H32N2O3S. The maximum Gasteiger partial charge on any atom is 0.244 e. The van der Waals surface area contributed by atoms with Crippen molar-refractivity contribution in [1.29, 1.82) is 0 Å². The number of benzene rings is 3. The van der Waals surface area contributed by atoms with E-state index in [1.807, 2.05) is 94.4 Å². The van der Waals surface area contributed by atoms with Crippen LogP contribution in [0.2, 0.25) is 0 Å². The van der Waals surface area contributed by atoms with Crippen LogP contribution in [-0.2, 0) is 27.7 Å². The minimum atomic E-state index is -3.88. The van der Waals surface area contributed by atoms with Gasteiger partial charge in [-0.3, -0.25) is 4.79 Å². The summed E-state index contributed by atoms with van der Waals surface area (Å²) < 4.78 is 29.2. The van der Waals surface area contributed by atoms with Crippen LogP contribution in [0, 0.1) is 20.8 Å². The fourth-order valence-electron chi connectivity index (χ4n) is 5.06. The standard InChI is InChI=1S/C28H32N2O3S/c1-20-16-21(2)28(22(3)17-20)34(32,33)29(15-14-24-10-6-5-7-11-24)19-27(31)30-23(4)18-25-12-8-9-13-26(25)30/h5-13,16-17,23H,14-15,18-19H2,1-4H3/t23-/m1/s1. The van der Waals surface area contributed by atoms with Crippen molar-refractivity contribution >= 4 is 21.6 Å². The Hall–Kier alpha value is -2.96. The Bertz CT molecular complexity index is 1280. The maximum atomic E-state index is 13.9. The van der Waals surface area contributed by atoms with Crippen molar-refractivity contribution in [2.45, 2.75) is 51.5 Å². The van der Waals surface area contributed by atoms with E-state index in [0.29, 0.717) is 22.4 Å². The summed E-state index contributed by atoms with van der Waals surface area (Å²) in [6, 6.07) is 21.4. The van der Waals surface area contributed by atoms with Crippen molar-refractivity contribution < 1.29 is 13.2 Å². The highest BCUT2D eigenvalue weighted by Gasteiger charge is 2.35. The van der Waals surface area contributed by atoms with E-state index in [4.69, 9.17) is 0 Å². The van der Waals surface area contributed by atoms with E-state index < -0.39 is 10.0 Å². The topological polar surface area (TPSA) is 57.7 Å². The maximum absolute atomic E-state index is 13.9. The number of hydrogen-bond acceptors (Lipinski definition) is 3. The smallest absolute Gasteiger partial charge is 0.244 e. The summed E-state index contributed by atoms with van der Waals surface area (Å²) >= 11 is 0. The fourth-order valence-corrected chi connectivity index (χ4v) is 6.86. The van der Waals surface area contributed by atoms with Crippen LogP contribution in [0.5, 0.6) is 0 Å². The average Bonchev–Trinajstić information content (AvgIpc) is 3.12. The van der Waals surface area contributed by atoms with Crippen molar-refractivity contribution in [3.8, 4) is 0 Å². The summed E-state index contributed by atoms with van der Waals surface area (Å²) in [5.74, 6) is -0.198. The first-order valence-electron chi connectivity index (χ1n) is 11.7. The monoisotopic (exact) mass is 476 g/mol. The number of fused-ring (bicyclic) bond motifs is 1. The second-order valence-electron chi connectivity index (χ2n) is 9.25. The third-order valence-electron chi connectivity index (χ3n) is 6.48. The molecule has 0 N–H and O–H groups in total. The third-order valence-corrected chi connectivity index (χ3v) is 8.63. The quantitative estimate of drug-likeness (QED) is 0.491. The van der Waals surface area contributed by atoms with Gasteiger partial charge in [0.2, 0.25) is 15.9 Å². The van der Waals surface area contributed by atoms with E-state index in [-0.39, 0.29) is 25.0 Å². The van der Waals surface area contributed by atoms with Crippen LogP contribution in [0.25, 0.3) is 0 Å². The molecule has 0 fully saturated rings. The molecule has 0 spiro atoms. The molecule has 3 aromatic rings. The molecule has 1 heterocycles. The lowest BCUT2D eigenvalue weighted by atomic mass is 10.1. The first-order valence-corrected chi connectivity index (χ1v) is 13.1. The normalized spacial score (nSPS) is 15.6. The van der Waals surface area contributed by atoms with Gasteiger partial charge < -0.3 is 4.90 Å². The van der Waals surface area contributed by atoms with E-state index in [9.17, 15) is 13.2 Å². The predicted octanol–water partition coefficient (Wildman–Crippen LogP) is 4.82. The van der Waals surface area contributed by atoms with Gasteiger partial charge in [-0.05, 0) is 68.9 Å². The minimum Gasteiger partial charge on any atom is -0.308 e. The molecule has 0 radical (unpaired) electrons. The molecular weight excluding hydrogens is 444 g/mol. The number of anilines is 1. The van der Waals surface area contributed by atoms with Crippen molar-refractivity contribution in [2.24, 2.45) is 0 Å². The van der Waals surface area contributed by atoms with Crippen molar-refractivity contribution in [3.05, 3.63) is 94.5 Å². The molecule has 6 heteroatoms. The number of rotatable bonds is 7. The molecule has 0 saturated carbocycles. The SMILES string of the molecule is Cc1cc(C)c(S(=O)(=O)N(CCc2ccccc2)CC(=O)N2c3ccccc3C[C@H]2C)c(C)c1. The molecule has 0 aliphatic carbocycles. The van der Waals surface area contributed by atoms with Gasteiger partial charge in [-0.25, -0.2) is 8.42 Å². The highest BCUT2D eigenvalue weighted by atomic mass is 32.2. The fraction of sp³-hybridized carbons (Fsp3) is 0.321. The van der Waals surface area contributed by atoms with Crippen LogP contribution in [0.1, 0.15) is 34.7 Å². The average molecular weight is 477 g/mol. The Morgan fingerprint density at radius 3 is 2.26 bits per heavy atom. The molecule has 1 aliphatic rings. The molecule has 0 unspecified atom stereocenters. The van der Waals surface area contributed by atoms with Crippen LogP contribution in [0.3, 0.4) is 0 Å². The number of aryl methyl sites for hydroxylation is 3. The van der Waals surface area contributed by atoms with E-state index in [1.165, 1.54) is 4.31 Å². The molecule has 5 nitrogen and oxygen atoms in total. The van der Waals surface area contributed by atoms with Gasteiger partial charge in [-0.15, -0.1) is 0 Å². The van der Waals surface area contributed by atoms with Gasteiger partial charge in [-0.1, -0.05) is 66.2 Å². The Morgan fingerprint density at radius 2 is 1.59 bits per heavy atom. The minimum absolute atomic E-state index is 0.00794. The van der Waals surface area contributed by atoms with Crippen molar-refractivity contribution in [2.75, 3.05) is 18.0 Å². The number of nitrogens with zero attached hydrogens (tertiary/aromatic N) is 2. The van der Waals surface area contributed by atoms with E-state index in [0.717, 1.165) is 28.8 Å². The number of para-hydroxylation sites is 1. The molecule has 0 bridgehead atoms. The summed E-state index contributed by atoms with van der Waals surface area (Å²) in [5.41, 5.74) is 5.45. The summed E-state index contributed by atoms with van der Waals surface area (Å²) in [6.45, 7) is 7.65. The molecule has 178 valence electrons. The largest absolute Gasteiger partial charge is 0.308 e. The second kappa shape index (κ2) is 9.72. The van der Waals surface area contributed by atoms with Gasteiger partial charge in [0.25, 0.3) is 0 Å². The lowest BCUT2D eigenvalue weighted by Crippen LogP contribution is -2.46. The Labute approximate surface area is 203 Å². The van der Waals surface area contributed by atoms with Crippen LogP contribution >= 0.6 is 0 Å². The third kappa shape index (κ3) is 4.79. The Morgan fingerprint density at radius 1 is 0.971 bits per heavy atom. The summed E-state index contributed by atoms with van der Waals surface area (Å²) in [6.07, 6.45) is 1.30. The van der Waals surface area contributed by atoms with Gasteiger partial charge in [0, 0.05) is 18.3 Å². The molecule has 1 amide bonds. The van der Waals surface area contributed by atoms with E-state index >= 15 is 0 Å².